The molecule has 0 spiro atoms. The topological polar surface area (TPSA) is 237 Å². The number of phosphoric acid groups is 2. The van der Waals surface area contributed by atoms with E-state index in [0.29, 0.717) is 32.1 Å². The van der Waals surface area contributed by atoms with Crippen LogP contribution in [-0.2, 0) is 65.4 Å². The molecule has 0 radical (unpaired) electrons. The summed E-state index contributed by atoms with van der Waals surface area (Å²) in [7, 11) is -9.97. The zero-order chi connectivity index (χ0) is 71.8. The fourth-order valence-corrected chi connectivity index (χ4v) is 11.3. The minimum absolute atomic E-state index is 0.0329. The Hall–Kier alpha value is -4.54. The molecule has 0 bridgehead atoms. The molecule has 0 aliphatic carbocycles. The number of phosphoric ester groups is 2. The fraction of sp³-hybridized carbons (Fsp3) is 0.696. The fourth-order valence-electron chi connectivity index (χ4n) is 9.71. The maximum absolute atomic E-state index is 13.1. The van der Waals surface area contributed by atoms with Crippen molar-refractivity contribution in [3.8, 4) is 0 Å². The van der Waals surface area contributed by atoms with Gasteiger partial charge in [0.15, 0.2) is 12.2 Å². The SMILES string of the molecule is CC/C=C\C/C=C\C/C=C\C/C=C\C/C=C\C/C=C\CCC(=O)OCC(COP(=O)(O)OCC(O)COP(=O)(O)OCC(COC(=O)CCCCCCC/C=C\C/C=C\C/C=C\CC)OC(=O)CCCCCCCCCCCCCCC)OC(=O)CCCCCCC/C=C\CCCC. The Morgan fingerprint density at radius 1 is 0.296 bits per heavy atom. The van der Waals surface area contributed by atoms with E-state index in [9.17, 15) is 43.2 Å². The Morgan fingerprint density at radius 3 is 0.918 bits per heavy atom. The number of aliphatic hydroxyl groups is 1. The van der Waals surface area contributed by atoms with Gasteiger partial charge in [0.1, 0.15) is 19.3 Å². The smallest absolute Gasteiger partial charge is 0.462 e. The number of carbonyl (C=O) groups is 4. The van der Waals surface area contributed by atoms with Crippen molar-refractivity contribution in [3.63, 3.8) is 0 Å². The lowest BCUT2D eigenvalue weighted by molar-refractivity contribution is -0.161. The Balaban J connectivity index is 5.38. The van der Waals surface area contributed by atoms with Gasteiger partial charge in [-0.1, -0.05) is 278 Å². The van der Waals surface area contributed by atoms with Crippen molar-refractivity contribution in [1.29, 1.82) is 0 Å². The number of unbranched alkanes of at least 4 members (excludes halogenated alkanes) is 24. The van der Waals surface area contributed by atoms with Gasteiger partial charge in [0.05, 0.1) is 26.4 Å². The van der Waals surface area contributed by atoms with Crippen LogP contribution >= 0.6 is 15.6 Å². The van der Waals surface area contributed by atoms with Crippen LogP contribution < -0.4 is 0 Å². The van der Waals surface area contributed by atoms with Crippen molar-refractivity contribution < 1.29 is 80.2 Å². The van der Waals surface area contributed by atoms with E-state index >= 15 is 0 Å². The lowest BCUT2D eigenvalue weighted by Crippen LogP contribution is -2.30. The van der Waals surface area contributed by atoms with Crippen molar-refractivity contribution in [2.45, 2.75) is 316 Å². The van der Waals surface area contributed by atoms with Crippen molar-refractivity contribution in [1.82, 2.24) is 0 Å². The van der Waals surface area contributed by atoms with Gasteiger partial charge in [0.2, 0.25) is 0 Å². The van der Waals surface area contributed by atoms with Gasteiger partial charge in [-0.25, -0.2) is 9.13 Å². The van der Waals surface area contributed by atoms with Crippen LogP contribution in [0.15, 0.2) is 122 Å². The van der Waals surface area contributed by atoms with Gasteiger partial charge >= 0.3 is 39.5 Å². The van der Waals surface area contributed by atoms with Gasteiger partial charge in [-0.3, -0.25) is 37.3 Å². The molecule has 5 atom stereocenters. The molecule has 3 N–H and O–H groups in total. The van der Waals surface area contributed by atoms with Crippen LogP contribution in [0.5, 0.6) is 0 Å². The highest BCUT2D eigenvalue weighted by atomic mass is 31.2. The van der Waals surface area contributed by atoms with E-state index in [4.69, 9.17) is 37.0 Å². The molecule has 0 saturated heterocycles. The highest BCUT2D eigenvalue weighted by Gasteiger charge is 2.30. The molecular weight excluding hydrogens is 1280 g/mol. The Kier molecular flexibility index (Phi) is 67.6. The lowest BCUT2D eigenvalue weighted by Gasteiger charge is -2.21. The first kappa shape index (κ1) is 93.5. The highest BCUT2D eigenvalue weighted by Crippen LogP contribution is 2.45. The maximum Gasteiger partial charge on any atom is 0.472 e. The molecule has 0 amide bonds. The van der Waals surface area contributed by atoms with Crippen LogP contribution in [0.4, 0.5) is 0 Å². The molecule has 19 heteroatoms. The van der Waals surface area contributed by atoms with E-state index in [-0.39, 0.29) is 25.7 Å². The molecule has 5 unspecified atom stereocenters. The lowest BCUT2D eigenvalue weighted by atomic mass is 10.0. The van der Waals surface area contributed by atoms with Crippen LogP contribution in [0.3, 0.4) is 0 Å². The first-order chi connectivity index (χ1) is 47.7. The summed E-state index contributed by atoms with van der Waals surface area (Å²) >= 11 is 0. The van der Waals surface area contributed by atoms with Gasteiger partial charge < -0.3 is 33.8 Å². The quantitative estimate of drug-likeness (QED) is 0.0169. The third kappa shape index (κ3) is 69.9. The molecule has 0 aromatic rings. The number of carbonyl (C=O) groups excluding carboxylic acids is 4. The summed E-state index contributed by atoms with van der Waals surface area (Å²) in [6, 6.07) is 0. The van der Waals surface area contributed by atoms with Crippen molar-refractivity contribution >= 4 is 39.5 Å². The molecule has 0 aliphatic rings. The van der Waals surface area contributed by atoms with E-state index in [1.54, 1.807) is 0 Å². The molecule has 0 heterocycles. The van der Waals surface area contributed by atoms with Crippen LogP contribution in [0.2, 0.25) is 0 Å². The normalized spacial score (nSPS) is 14.6. The number of hydrogen-bond donors (Lipinski definition) is 3. The summed E-state index contributed by atoms with van der Waals surface area (Å²) in [5.41, 5.74) is 0. The number of rotatable bonds is 70. The molecule has 562 valence electrons. The summed E-state index contributed by atoms with van der Waals surface area (Å²) in [6.07, 6.45) is 76.4. The summed E-state index contributed by atoms with van der Waals surface area (Å²) in [4.78, 5) is 72.7. The molecule has 17 nitrogen and oxygen atoms in total. The highest BCUT2D eigenvalue weighted by molar-refractivity contribution is 7.47. The third-order valence-corrected chi connectivity index (χ3v) is 17.3. The van der Waals surface area contributed by atoms with Crippen LogP contribution in [0, 0.1) is 0 Å². The van der Waals surface area contributed by atoms with Crippen molar-refractivity contribution in [3.05, 3.63) is 122 Å². The largest absolute Gasteiger partial charge is 0.472 e. The van der Waals surface area contributed by atoms with Gasteiger partial charge in [-0.2, -0.15) is 0 Å². The summed E-state index contributed by atoms with van der Waals surface area (Å²) in [5.74, 6) is -2.30. The Morgan fingerprint density at radius 2 is 0.561 bits per heavy atom. The number of esters is 4. The van der Waals surface area contributed by atoms with Gasteiger partial charge in [-0.15, -0.1) is 0 Å². The van der Waals surface area contributed by atoms with Crippen LogP contribution in [-0.4, -0.2) is 96.7 Å². The molecule has 0 aromatic heterocycles. The van der Waals surface area contributed by atoms with E-state index in [0.717, 1.165) is 148 Å². The molecule has 0 aliphatic heterocycles. The summed E-state index contributed by atoms with van der Waals surface area (Å²) < 4.78 is 68.3. The second kappa shape index (κ2) is 70.9. The molecule has 0 fully saturated rings. The number of allylic oxidation sites excluding steroid dienone is 20. The number of hydrogen-bond acceptors (Lipinski definition) is 15. The molecule has 98 heavy (non-hydrogen) atoms. The van der Waals surface area contributed by atoms with Crippen molar-refractivity contribution in [2.75, 3.05) is 39.6 Å². The Bertz CT molecular complexity index is 2340. The minimum atomic E-state index is -4.99. The van der Waals surface area contributed by atoms with E-state index in [1.807, 2.05) is 18.2 Å². The van der Waals surface area contributed by atoms with E-state index in [1.165, 1.54) is 64.2 Å². The molecule has 0 saturated carbocycles. The molecule has 0 rings (SSSR count). The predicted octanol–water partition coefficient (Wildman–Crippen LogP) is 21.6. The summed E-state index contributed by atoms with van der Waals surface area (Å²) in [5, 5.41) is 10.6. The number of ether oxygens (including phenoxy) is 4. The monoisotopic (exact) mass is 1420 g/mol. The minimum Gasteiger partial charge on any atom is -0.462 e. The average molecular weight is 1420 g/mol. The average Bonchev–Trinajstić information content (AvgIpc) is 1.00. The second-order valence-electron chi connectivity index (χ2n) is 24.8. The first-order valence-electron chi connectivity index (χ1n) is 37.8. The van der Waals surface area contributed by atoms with E-state index in [2.05, 4.69) is 131 Å². The molecular formula is C79H134O17P2. The Labute approximate surface area is 593 Å². The standard InChI is InChI=1S/C79H134O17P2/c1-5-9-13-17-21-25-29-32-34-35-36-37-39-42-45-48-52-56-60-64-77(82)89-69-74(95-78(83)65-61-57-53-49-43-28-24-20-16-12-8-4)71-93-97(85,86)91-67-73(80)68-92-98(87,88)94-72-75(96-79(84)66-62-58-54-50-46-40-31-27-23-19-15-11-7-3)70-90-76(81)63-59-55-51-47-44-41-38-33-30-26-22-18-14-10-6-2/h9-10,13-14,20-22,24-26,32-34,36-38,42,45,52,56,73-75,80H,5-8,11-12,15-19,23,27-31,35,39-41,43-44,46-51,53-55,57-72H2,1-4H3,(H,85,86)(H,87,88)/b13-9-,14-10-,24-20-,25-21-,26-22-,34-32-,37-36-,38-33-,45-42-,56-52-. The van der Waals surface area contributed by atoms with Gasteiger partial charge in [0, 0.05) is 25.7 Å². The van der Waals surface area contributed by atoms with Crippen molar-refractivity contribution in [2.24, 2.45) is 0 Å². The zero-order valence-corrected chi connectivity index (χ0v) is 63.0. The van der Waals surface area contributed by atoms with E-state index < -0.39 is 97.5 Å². The first-order valence-corrected chi connectivity index (χ1v) is 40.8. The molecule has 0 aromatic carbocycles. The predicted molar refractivity (Wildman–Crippen MR) is 399 cm³/mol. The second-order valence-corrected chi connectivity index (χ2v) is 27.7. The zero-order valence-electron chi connectivity index (χ0n) is 61.2. The number of aliphatic hydroxyl groups excluding tert-OH is 1. The van der Waals surface area contributed by atoms with Gasteiger partial charge in [0.25, 0.3) is 0 Å². The van der Waals surface area contributed by atoms with Gasteiger partial charge in [-0.05, 0) is 116 Å². The van der Waals surface area contributed by atoms with Crippen LogP contribution in [0.1, 0.15) is 297 Å². The maximum atomic E-state index is 13.1. The third-order valence-electron chi connectivity index (χ3n) is 15.4. The van der Waals surface area contributed by atoms with Crippen LogP contribution in [0.25, 0.3) is 0 Å². The summed E-state index contributed by atoms with van der Waals surface area (Å²) in [6.45, 7) is 4.49.